The van der Waals surface area contributed by atoms with Crippen LogP contribution in [0.3, 0.4) is 0 Å². The summed E-state index contributed by atoms with van der Waals surface area (Å²) in [6.45, 7) is 4.72. The van der Waals surface area contributed by atoms with E-state index in [1.165, 1.54) is 93.5 Å². The van der Waals surface area contributed by atoms with E-state index in [-0.39, 0.29) is 5.41 Å². The van der Waals surface area contributed by atoms with Gasteiger partial charge in [-0.05, 0) is 116 Å². The number of hydrogen-bond donors (Lipinski definition) is 0. The molecule has 11 aromatic rings. The quantitative estimate of drug-likeness (QED) is 0.163. The molecule has 288 valence electrons. The maximum absolute atomic E-state index is 2.45. The molecule has 61 heavy (non-hydrogen) atoms. The van der Waals surface area contributed by atoms with Crippen LogP contribution < -0.4 is 4.90 Å². The van der Waals surface area contributed by atoms with Crippen molar-refractivity contribution in [2.45, 2.75) is 19.3 Å². The van der Waals surface area contributed by atoms with Crippen LogP contribution in [0.15, 0.2) is 218 Å². The van der Waals surface area contributed by atoms with Gasteiger partial charge in [0.15, 0.2) is 0 Å². The molecule has 12 rings (SSSR count). The lowest BCUT2D eigenvalue weighted by molar-refractivity contribution is 0.660. The molecule has 1 aromatic heterocycles. The molecule has 1 heterocycles. The van der Waals surface area contributed by atoms with E-state index in [1.54, 1.807) is 0 Å². The first-order chi connectivity index (χ1) is 30.0. The van der Waals surface area contributed by atoms with Gasteiger partial charge in [-0.15, -0.1) is 0 Å². The molecule has 1 aliphatic carbocycles. The van der Waals surface area contributed by atoms with E-state index < -0.39 is 0 Å². The Morgan fingerprint density at radius 2 is 0.934 bits per heavy atom. The zero-order chi connectivity index (χ0) is 40.7. The van der Waals surface area contributed by atoms with Crippen LogP contribution in [0.5, 0.6) is 0 Å². The summed E-state index contributed by atoms with van der Waals surface area (Å²) in [5.41, 5.74) is 17.1. The Morgan fingerprint density at radius 1 is 0.361 bits per heavy atom. The van der Waals surface area contributed by atoms with Gasteiger partial charge in [-0.1, -0.05) is 172 Å². The third-order valence-electron chi connectivity index (χ3n) is 13.1. The first-order valence-electron chi connectivity index (χ1n) is 21.3. The molecule has 0 spiro atoms. The predicted octanol–water partition coefficient (Wildman–Crippen LogP) is 16.2. The average Bonchev–Trinajstić information content (AvgIpc) is 3.76. The molecular weight excluding hydrogens is 737 g/mol. The smallest absolute Gasteiger partial charge is 0.0541 e. The lowest BCUT2D eigenvalue weighted by atomic mass is 9.82. The summed E-state index contributed by atoms with van der Waals surface area (Å²) in [4.78, 5) is 2.45. The molecule has 0 aliphatic heterocycles. The molecule has 0 saturated heterocycles. The highest BCUT2D eigenvalue weighted by Crippen LogP contribution is 2.51. The van der Waals surface area contributed by atoms with Gasteiger partial charge in [0.25, 0.3) is 0 Å². The number of aromatic nitrogens is 1. The van der Waals surface area contributed by atoms with Gasteiger partial charge in [-0.25, -0.2) is 0 Å². The van der Waals surface area contributed by atoms with Gasteiger partial charge >= 0.3 is 0 Å². The van der Waals surface area contributed by atoms with Gasteiger partial charge in [0.05, 0.1) is 22.4 Å². The number of anilines is 3. The zero-order valence-electron chi connectivity index (χ0n) is 34.2. The standard InChI is InChI=1S/C59H42N2/c1-59(2)53-27-9-7-25-49(53)50-33-32-46(38-54(50)59)60(55-29-13-17-39-15-3-5-23-47(39)55)45-22-12-21-43(36-45)41-19-11-20-42(35-41)44-31-34-58-52(37-44)51-26-8-10-28-57(51)61(58)56-30-14-18-40-16-4-6-24-48(40)56/h3-38H,1-2H3. The van der Waals surface area contributed by atoms with Gasteiger partial charge < -0.3 is 9.47 Å². The zero-order valence-corrected chi connectivity index (χ0v) is 34.2. The summed E-state index contributed by atoms with van der Waals surface area (Å²) in [5.74, 6) is 0. The van der Waals surface area contributed by atoms with E-state index in [0.717, 1.165) is 17.1 Å². The Kier molecular flexibility index (Phi) is 7.92. The molecule has 0 fully saturated rings. The second kappa shape index (κ2) is 13.7. The topological polar surface area (TPSA) is 8.17 Å². The van der Waals surface area contributed by atoms with Crippen LogP contribution >= 0.6 is 0 Å². The van der Waals surface area contributed by atoms with Crippen molar-refractivity contribution >= 4 is 60.4 Å². The van der Waals surface area contributed by atoms with Crippen LogP contribution in [-0.4, -0.2) is 4.57 Å². The van der Waals surface area contributed by atoms with Crippen molar-refractivity contribution in [2.75, 3.05) is 4.90 Å². The fourth-order valence-corrected chi connectivity index (χ4v) is 10.2. The predicted molar refractivity (Wildman–Crippen MR) is 259 cm³/mol. The maximum Gasteiger partial charge on any atom is 0.0541 e. The normalized spacial score (nSPS) is 12.9. The summed E-state index contributed by atoms with van der Waals surface area (Å²) in [5, 5.41) is 7.43. The highest BCUT2D eigenvalue weighted by Gasteiger charge is 2.36. The minimum absolute atomic E-state index is 0.109. The number of rotatable bonds is 6. The van der Waals surface area contributed by atoms with Crippen molar-refractivity contribution in [3.05, 3.63) is 230 Å². The van der Waals surface area contributed by atoms with Gasteiger partial charge in [0, 0.05) is 38.3 Å². The monoisotopic (exact) mass is 778 g/mol. The van der Waals surface area contributed by atoms with E-state index >= 15 is 0 Å². The average molecular weight is 779 g/mol. The molecule has 0 radical (unpaired) electrons. The van der Waals surface area contributed by atoms with Crippen LogP contribution in [0.4, 0.5) is 17.1 Å². The molecule has 0 saturated carbocycles. The van der Waals surface area contributed by atoms with Gasteiger partial charge in [0.2, 0.25) is 0 Å². The summed E-state index contributed by atoms with van der Waals surface area (Å²) in [6, 6.07) is 80.5. The molecule has 2 nitrogen and oxygen atoms in total. The van der Waals surface area contributed by atoms with Crippen molar-refractivity contribution in [1.29, 1.82) is 0 Å². The molecule has 0 N–H and O–H groups in total. The molecule has 2 heteroatoms. The summed E-state index contributed by atoms with van der Waals surface area (Å²) in [7, 11) is 0. The molecule has 0 amide bonds. The number of benzene rings is 10. The second-order valence-electron chi connectivity index (χ2n) is 16.9. The summed E-state index contributed by atoms with van der Waals surface area (Å²) >= 11 is 0. The molecule has 10 aromatic carbocycles. The highest BCUT2D eigenvalue weighted by atomic mass is 15.1. The third-order valence-corrected chi connectivity index (χ3v) is 13.1. The van der Waals surface area contributed by atoms with Gasteiger partial charge in [-0.2, -0.15) is 0 Å². The number of hydrogen-bond acceptors (Lipinski definition) is 1. The van der Waals surface area contributed by atoms with Gasteiger partial charge in [-0.3, -0.25) is 0 Å². The van der Waals surface area contributed by atoms with Crippen molar-refractivity contribution in [1.82, 2.24) is 4.57 Å². The van der Waals surface area contributed by atoms with E-state index in [1.807, 2.05) is 0 Å². The molecular formula is C59H42N2. The van der Waals surface area contributed by atoms with Crippen LogP contribution in [-0.2, 0) is 5.41 Å². The second-order valence-corrected chi connectivity index (χ2v) is 16.9. The highest BCUT2D eigenvalue weighted by molar-refractivity contribution is 6.12. The van der Waals surface area contributed by atoms with Crippen LogP contribution in [0.25, 0.3) is 82.4 Å². The van der Waals surface area contributed by atoms with E-state index in [0.29, 0.717) is 0 Å². The lowest BCUT2D eigenvalue weighted by Crippen LogP contribution is -2.16. The summed E-state index contributed by atoms with van der Waals surface area (Å²) in [6.07, 6.45) is 0. The van der Waals surface area contributed by atoms with E-state index in [4.69, 9.17) is 0 Å². The Bertz CT molecular complexity index is 3520. The van der Waals surface area contributed by atoms with Crippen LogP contribution in [0, 0.1) is 0 Å². The number of nitrogens with zero attached hydrogens (tertiary/aromatic N) is 2. The Labute approximate surface area is 356 Å². The van der Waals surface area contributed by atoms with Crippen LogP contribution in [0.1, 0.15) is 25.0 Å². The van der Waals surface area contributed by atoms with Crippen molar-refractivity contribution in [3.8, 4) is 39.1 Å². The molecule has 1 aliphatic rings. The maximum atomic E-state index is 2.45. The lowest BCUT2D eigenvalue weighted by Gasteiger charge is -2.29. The molecule has 0 atom stereocenters. The fraction of sp³-hybridized carbons (Fsp3) is 0.0508. The van der Waals surface area contributed by atoms with Crippen LogP contribution in [0.2, 0.25) is 0 Å². The summed E-state index contributed by atoms with van der Waals surface area (Å²) < 4.78 is 2.43. The number of fused-ring (bicyclic) bond motifs is 8. The first-order valence-corrected chi connectivity index (χ1v) is 21.3. The fourth-order valence-electron chi connectivity index (χ4n) is 10.2. The number of para-hydroxylation sites is 1. The Balaban J connectivity index is 0.975. The minimum atomic E-state index is -0.109. The van der Waals surface area contributed by atoms with Gasteiger partial charge in [0.1, 0.15) is 0 Å². The van der Waals surface area contributed by atoms with E-state index in [2.05, 4.69) is 242 Å². The minimum Gasteiger partial charge on any atom is -0.310 e. The van der Waals surface area contributed by atoms with Crippen molar-refractivity contribution in [3.63, 3.8) is 0 Å². The Morgan fingerprint density at radius 3 is 1.77 bits per heavy atom. The van der Waals surface area contributed by atoms with Crippen molar-refractivity contribution < 1.29 is 0 Å². The van der Waals surface area contributed by atoms with E-state index in [9.17, 15) is 0 Å². The SMILES string of the molecule is CC1(C)c2ccccc2-c2ccc(N(c3cccc(-c4cccc(-c5ccc6c(c5)c5ccccc5n6-c5cccc6ccccc56)c4)c3)c3cccc4ccccc34)cc21. The third kappa shape index (κ3) is 5.56. The molecule has 0 bridgehead atoms. The Hall–Kier alpha value is -7.68. The molecule has 0 unspecified atom stereocenters. The largest absolute Gasteiger partial charge is 0.310 e. The van der Waals surface area contributed by atoms with Crippen molar-refractivity contribution in [2.24, 2.45) is 0 Å². The first kappa shape index (κ1) is 35.3.